The number of nitrogen functional groups attached to an aromatic ring is 1. The van der Waals surface area contributed by atoms with Crippen LogP contribution in [0.15, 0.2) is 18.2 Å². The lowest BCUT2D eigenvalue weighted by Gasteiger charge is -2.21. The van der Waals surface area contributed by atoms with Gasteiger partial charge in [-0.1, -0.05) is 12.1 Å². The molecule has 1 unspecified atom stereocenters. The zero-order valence-corrected chi connectivity index (χ0v) is 10.1. The van der Waals surface area contributed by atoms with Crippen molar-refractivity contribution in [1.82, 2.24) is 0 Å². The molecule has 82 valence electrons. The van der Waals surface area contributed by atoms with Crippen molar-refractivity contribution < 1.29 is 0 Å². The second-order valence-corrected chi connectivity index (χ2v) is 5.64. The Balaban J connectivity index is 2.03. The Labute approximate surface area is 96.4 Å². The predicted molar refractivity (Wildman–Crippen MR) is 69.3 cm³/mol. The second kappa shape index (κ2) is 4.93. The highest BCUT2D eigenvalue weighted by Gasteiger charge is 2.15. The minimum atomic E-state index is 0.841. The Hall–Kier alpha value is -0.630. The molecule has 15 heavy (non-hydrogen) atoms. The Morgan fingerprint density at radius 2 is 2.33 bits per heavy atom. The summed E-state index contributed by atoms with van der Waals surface area (Å²) in [6, 6.07) is 6.46. The maximum absolute atomic E-state index is 6.03. The SMILES string of the molecule is Cc1ccc(CC2CCCSC2)c(N)c1. The summed E-state index contributed by atoms with van der Waals surface area (Å²) in [6.07, 6.45) is 3.92. The van der Waals surface area contributed by atoms with Crippen LogP contribution in [0.4, 0.5) is 5.69 Å². The Bertz CT molecular complexity index is 329. The third kappa shape index (κ3) is 2.91. The minimum absolute atomic E-state index is 0.841. The smallest absolute Gasteiger partial charge is 0.0349 e. The molecule has 1 aliphatic heterocycles. The van der Waals surface area contributed by atoms with Crippen molar-refractivity contribution in [2.75, 3.05) is 17.2 Å². The third-order valence-corrected chi connectivity index (χ3v) is 4.35. The second-order valence-electron chi connectivity index (χ2n) is 4.49. The van der Waals surface area contributed by atoms with Gasteiger partial charge in [-0.15, -0.1) is 0 Å². The van der Waals surface area contributed by atoms with Crippen molar-refractivity contribution >= 4 is 17.4 Å². The molecule has 0 amide bonds. The third-order valence-electron chi connectivity index (χ3n) is 3.06. The summed E-state index contributed by atoms with van der Waals surface area (Å²) >= 11 is 2.09. The number of nitrogens with two attached hydrogens (primary N) is 1. The maximum Gasteiger partial charge on any atom is 0.0349 e. The minimum Gasteiger partial charge on any atom is -0.398 e. The number of thioether (sulfide) groups is 1. The molecule has 2 rings (SSSR count). The first-order valence-electron chi connectivity index (χ1n) is 5.68. The molecule has 1 heterocycles. The molecular weight excluding hydrogens is 202 g/mol. The maximum atomic E-state index is 6.03. The van der Waals surface area contributed by atoms with Gasteiger partial charge in [-0.05, 0) is 60.8 Å². The lowest BCUT2D eigenvalue weighted by molar-refractivity contribution is 0.522. The number of aryl methyl sites for hydroxylation is 1. The fourth-order valence-electron chi connectivity index (χ4n) is 2.18. The van der Waals surface area contributed by atoms with Crippen LogP contribution >= 0.6 is 11.8 Å². The Morgan fingerprint density at radius 1 is 1.47 bits per heavy atom. The van der Waals surface area contributed by atoms with Crippen LogP contribution in [-0.4, -0.2) is 11.5 Å². The fourth-order valence-corrected chi connectivity index (χ4v) is 3.33. The summed E-state index contributed by atoms with van der Waals surface area (Å²) in [5, 5.41) is 0. The Kier molecular flexibility index (Phi) is 3.57. The van der Waals surface area contributed by atoms with Crippen LogP contribution in [0.5, 0.6) is 0 Å². The molecule has 2 heteroatoms. The molecule has 1 aromatic rings. The van der Waals surface area contributed by atoms with Gasteiger partial charge >= 0.3 is 0 Å². The summed E-state index contributed by atoms with van der Waals surface area (Å²) in [5.41, 5.74) is 9.61. The molecule has 0 radical (unpaired) electrons. The molecule has 2 N–H and O–H groups in total. The van der Waals surface area contributed by atoms with Crippen LogP contribution in [0, 0.1) is 12.8 Å². The molecule has 1 fully saturated rings. The molecule has 0 saturated carbocycles. The molecule has 1 atom stereocenters. The van der Waals surface area contributed by atoms with Crippen LogP contribution in [0.2, 0.25) is 0 Å². The lowest BCUT2D eigenvalue weighted by atomic mass is 9.95. The van der Waals surface area contributed by atoms with Gasteiger partial charge in [0.05, 0.1) is 0 Å². The first kappa shape index (κ1) is 10.9. The van der Waals surface area contributed by atoms with E-state index >= 15 is 0 Å². The molecule has 0 spiro atoms. The molecule has 0 bridgehead atoms. The van der Waals surface area contributed by atoms with E-state index < -0.39 is 0 Å². The van der Waals surface area contributed by atoms with Crippen LogP contribution in [0.3, 0.4) is 0 Å². The molecule has 1 aromatic carbocycles. The van der Waals surface area contributed by atoms with Gasteiger partial charge in [-0.2, -0.15) is 11.8 Å². The van der Waals surface area contributed by atoms with E-state index in [0.29, 0.717) is 0 Å². The first-order chi connectivity index (χ1) is 7.25. The van der Waals surface area contributed by atoms with Crippen molar-refractivity contribution in [3.63, 3.8) is 0 Å². The first-order valence-corrected chi connectivity index (χ1v) is 6.84. The highest BCUT2D eigenvalue weighted by molar-refractivity contribution is 7.99. The van der Waals surface area contributed by atoms with Gasteiger partial charge in [0.2, 0.25) is 0 Å². The summed E-state index contributed by atoms with van der Waals surface area (Å²) in [4.78, 5) is 0. The van der Waals surface area contributed by atoms with Gasteiger partial charge < -0.3 is 5.73 Å². The van der Waals surface area contributed by atoms with E-state index in [1.807, 2.05) is 0 Å². The fraction of sp³-hybridized carbons (Fsp3) is 0.538. The molecule has 1 nitrogen and oxygen atoms in total. The quantitative estimate of drug-likeness (QED) is 0.776. The average molecular weight is 221 g/mol. The zero-order chi connectivity index (χ0) is 10.7. The summed E-state index contributed by atoms with van der Waals surface area (Å²) in [6.45, 7) is 2.09. The zero-order valence-electron chi connectivity index (χ0n) is 9.33. The van der Waals surface area contributed by atoms with Gasteiger partial charge in [0.25, 0.3) is 0 Å². The van der Waals surface area contributed by atoms with Crippen LogP contribution in [0.1, 0.15) is 24.0 Å². The highest BCUT2D eigenvalue weighted by atomic mass is 32.2. The van der Waals surface area contributed by atoms with E-state index in [4.69, 9.17) is 5.73 Å². The van der Waals surface area contributed by atoms with Gasteiger partial charge in [0.15, 0.2) is 0 Å². The van der Waals surface area contributed by atoms with Gasteiger partial charge in [0, 0.05) is 5.69 Å². The summed E-state index contributed by atoms with van der Waals surface area (Å²) < 4.78 is 0. The highest BCUT2D eigenvalue weighted by Crippen LogP contribution is 2.27. The largest absolute Gasteiger partial charge is 0.398 e. The normalized spacial score (nSPS) is 21.5. The molecule has 1 saturated heterocycles. The number of benzene rings is 1. The van der Waals surface area contributed by atoms with E-state index in [9.17, 15) is 0 Å². The lowest BCUT2D eigenvalue weighted by Crippen LogP contribution is -2.14. The van der Waals surface area contributed by atoms with Crippen molar-refractivity contribution in [3.05, 3.63) is 29.3 Å². The predicted octanol–water partition coefficient (Wildman–Crippen LogP) is 3.26. The van der Waals surface area contributed by atoms with Crippen molar-refractivity contribution in [2.24, 2.45) is 5.92 Å². The monoisotopic (exact) mass is 221 g/mol. The standard InChI is InChI=1S/C13H19NS/c1-10-4-5-12(13(14)7-10)8-11-3-2-6-15-9-11/h4-5,7,11H,2-3,6,8-9,14H2,1H3. The van der Waals surface area contributed by atoms with E-state index in [1.165, 1.54) is 41.9 Å². The van der Waals surface area contributed by atoms with Crippen molar-refractivity contribution in [1.29, 1.82) is 0 Å². The Morgan fingerprint density at radius 3 is 3.00 bits per heavy atom. The van der Waals surface area contributed by atoms with Gasteiger partial charge in [-0.25, -0.2) is 0 Å². The van der Waals surface area contributed by atoms with Crippen LogP contribution in [-0.2, 0) is 6.42 Å². The van der Waals surface area contributed by atoms with E-state index in [-0.39, 0.29) is 0 Å². The number of hydrogen-bond acceptors (Lipinski definition) is 2. The van der Waals surface area contributed by atoms with Crippen LogP contribution < -0.4 is 5.73 Å². The average Bonchev–Trinajstić information content (AvgIpc) is 2.24. The van der Waals surface area contributed by atoms with E-state index in [1.54, 1.807) is 0 Å². The number of hydrogen-bond donors (Lipinski definition) is 1. The number of rotatable bonds is 2. The van der Waals surface area contributed by atoms with Crippen molar-refractivity contribution in [3.8, 4) is 0 Å². The van der Waals surface area contributed by atoms with Crippen molar-refractivity contribution in [2.45, 2.75) is 26.2 Å². The number of anilines is 1. The summed E-state index contributed by atoms with van der Waals surface area (Å²) in [5.74, 6) is 3.50. The van der Waals surface area contributed by atoms with Gasteiger partial charge in [0.1, 0.15) is 0 Å². The molecule has 0 aromatic heterocycles. The van der Waals surface area contributed by atoms with E-state index in [0.717, 1.165) is 11.6 Å². The van der Waals surface area contributed by atoms with E-state index in [2.05, 4.69) is 36.9 Å². The molecule has 1 aliphatic rings. The molecule has 0 aliphatic carbocycles. The summed E-state index contributed by atoms with van der Waals surface area (Å²) in [7, 11) is 0. The molecular formula is C13H19NS. The topological polar surface area (TPSA) is 26.0 Å². The van der Waals surface area contributed by atoms with Gasteiger partial charge in [-0.3, -0.25) is 0 Å². The van der Waals surface area contributed by atoms with Crippen LogP contribution in [0.25, 0.3) is 0 Å².